The van der Waals surface area contributed by atoms with Gasteiger partial charge in [-0.3, -0.25) is 4.98 Å². The van der Waals surface area contributed by atoms with E-state index in [0.29, 0.717) is 0 Å². The van der Waals surface area contributed by atoms with Crippen LogP contribution in [0.2, 0.25) is 0 Å². The number of aromatic nitrogens is 4. The maximum Gasteiger partial charge on any atom is 0.212 e. The summed E-state index contributed by atoms with van der Waals surface area (Å²) >= 11 is 0. The lowest BCUT2D eigenvalue weighted by atomic mass is 10.0. The van der Waals surface area contributed by atoms with Crippen LogP contribution in [0.3, 0.4) is 0 Å². The summed E-state index contributed by atoms with van der Waals surface area (Å²) in [5.41, 5.74) is 5.78. The van der Waals surface area contributed by atoms with Gasteiger partial charge < -0.3 is 9.47 Å². The number of nitrogens with zero attached hydrogens (tertiary/aromatic N) is 4. The fraction of sp³-hybridized carbons (Fsp3) is 0.346. The third-order valence-electron chi connectivity index (χ3n) is 6.21. The van der Waals surface area contributed by atoms with E-state index >= 15 is 0 Å². The summed E-state index contributed by atoms with van der Waals surface area (Å²) in [6.45, 7) is 6.87. The predicted octanol–water partition coefficient (Wildman–Crippen LogP) is 6.09. The van der Waals surface area contributed by atoms with E-state index in [2.05, 4.69) is 9.97 Å². The molecule has 1 fully saturated rings. The van der Waals surface area contributed by atoms with Crippen molar-refractivity contribution in [3.8, 4) is 17.0 Å². The van der Waals surface area contributed by atoms with Crippen molar-refractivity contribution in [2.24, 2.45) is 0 Å². The molecule has 2 atom stereocenters. The van der Waals surface area contributed by atoms with Crippen LogP contribution >= 0.6 is 0 Å². The normalized spacial score (nSPS) is 17.3. The first-order valence-corrected chi connectivity index (χ1v) is 11.3. The zero-order valence-corrected chi connectivity index (χ0v) is 19.1. The lowest BCUT2D eigenvalue weighted by Gasteiger charge is -2.23. The van der Waals surface area contributed by atoms with Gasteiger partial charge in [0.1, 0.15) is 17.5 Å². The topological polar surface area (TPSA) is 62.1 Å². The molecule has 4 aromatic rings. The standard InChI is InChI=1S/C26H27FN4O2/c1-16-13-28-14-17(2)25(16)18(3)33-20-8-9-22-21(12-20)26(19-7-10-23(27)29-15-19)30-31(22)24-6-4-5-11-32-24/h7-10,12-15,18,24H,4-6,11H2,1-3H3. The lowest BCUT2D eigenvalue weighted by molar-refractivity contribution is -0.0365. The number of rotatable bonds is 5. The molecule has 0 N–H and O–H groups in total. The van der Waals surface area contributed by atoms with Crippen molar-refractivity contribution in [1.29, 1.82) is 0 Å². The highest BCUT2D eigenvalue weighted by atomic mass is 19.1. The molecular formula is C26H27FN4O2. The molecule has 33 heavy (non-hydrogen) atoms. The van der Waals surface area contributed by atoms with Gasteiger partial charge in [-0.1, -0.05) is 0 Å². The van der Waals surface area contributed by atoms with E-state index in [9.17, 15) is 4.39 Å². The average molecular weight is 447 g/mol. The third-order valence-corrected chi connectivity index (χ3v) is 6.21. The summed E-state index contributed by atoms with van der Waals surface area (Å²) in [5.74, 6) is 0.227. The highest BCUT2D eigenvalue weighted by molar-refractivity contribution is 5.94. The van der Waals surface area contributed by atoms with Gasteiger partial charge in [-0.05, 0) is 81.5 Å². The minimum Gasteiger partial charge on any atom is -0.486 e. The second-order valence-electron chi connectivity index (χ2n) is 8.61. The summed E-state index contributed by atoms with van der Waals surface area (Å²) in [7, 11) is 0. The van der Waals surface area contributed by atoms with Crippen LogP contribution in [0, 0.1) is 19.8 Å². The Hall–Kier alpha value is -3.32. The van der Waals surface area contributed by atoms with Crippen molar-refractivity contribution in [2.75, 3.05) is 6.61 Å². The SMILES string of the molecule is Cc1cncc(C)c1C(C)Oc1ccc2c(c1)c(-c1ccc(F)nc1)nn2C1CCCCO1. The minimum atomic E-state index is -0.515. The molecule has 7 heteroatoms. The average Bonchev–Trinajstić information content (AvgIpc) is 3.19. The molecule has 170 valence electrons. The maximum atomic E-state index is 13.5. The molecule has 5 rings (SSSR count). The first kappa shape index (κ1) is 21.5. The molecule has 0 saturated carbocycles. The van der Waals surface area contributed by atoms with Crippen LogP contribution < -0.4 is 4.74 Å². The largest absolute Gasteiger partial charge is 0.486 e. The van der Waals surface area contributed by atoms with Gasteiger partial charge in [0.05, 0.1) is 5.52 Å². The molecular weight excluding hydrogens is 419 g/mol. The molecule has 0 aliphatic carbocycles. The van der Waals surface area contributed by atoms with E-state index in [1.54, 1.807) is 6.07 Å². The monoisotopic (exact) mass is 446 g/mol. The fourth-order valence-corrected chi connectivity index (χ4v) is 4.67. The summed E-state index contributed by atoms with van der Waals surface area (Å²) < 4.78 is 27.8. The number of aryl methyl sites for hydroxylation is 2. The molecule has 0 bridgehead atoms. The van der Waals surface area contributed by atoms with Crippen LogP contribution in [-0.2, 0) is 4.74 Å². The van der Waals surface area contributed by atoms with Crippen LogP contribution in [0.15, 0.2) is 48.9 Å². The van der Waals surface area contributed by atoms with Gasteiger partial charge in [0, 0.05) is 41.7 Å². The van der Waals surface area contributed by atoms with E-state index in [1.807, 2.05) is 56.0 Å². The molecule has 3 aromatic heterocycles. The molecule has 0 spiro atoms. The smallest absolute Gasteiger partial charge is 0.212 e. The van der Waals surface area contributed by atoms with E-state index < -0.39 is 5.95 Å². The number of hydrogen-bond acceptors (Lipinski definition) is 5. The van der Waals surface area contributed by atoms with Gasteiger partial charge >= 0.3 is 0 Å². The molecule has 1 aliphatic heterocycles. The number of benzene rings is 1. The Morgan fingerprint density at radius 1 is 1.09 bits per heavy atom. The van der Waals surface area contributed by atoms with Crippen molar-refractivity contribution >= 4 is 10.9 Å². The summed E-state index contributed by atoms with van der Waals surface area (Å²) in [5, 5.41) is 5.81. The summed E-state index contributed by atoms with van der Waals surface area (Å²) in [6.07, 6.45) is 8.06. The Morgan fingerprint density at radius 3 is 2.61 bits per heavy atom. The maximum absolute atomic E-state index is 13.5. The zero-order valence-electron chi connectivity index (χ0n) is 19.1. The van der Waals surface area contributed by atoms with Crippen LogP contribution in [0.25, 0.3) is 22.2 Å². The summed E-state index contributed by atoms with van der Waals surface area (Å²) in [4.78, 5) is 8.09. The third kappa shape index (κ3) is 4.20. The van der Waals surface area contributed by atoms with E-state index in [0.717, 1.165) is 70.5 Å². The van der Waals surface area contributed by atoms with Crippen LogP contribution in [0.1, 0.15) is 55.2 Å². The van der Waals surface area contributed by atoms with Crippen molar-refractivity contribution in [1.82, 2.24) is 19.7 Å². The summed E-state index contributed by atoms with van der Waals surface area (Å²) in [6, 6.07) is 9.06. The van der Waals surface area contributed by atoms with Crippen LogP contribution in [-0.4, -0.2) is 26.4 Å². The molecule has 1 saturated heterocycles. The van der Waals surface area contributed by atoms with Crippen molar-refractivity contribution in [3.05, 3.63) is 71.6 Å². The first-order valence-electron chi connectivity index (χ1n) is 11.3. The molecule has 2 unspecified atom stereocenters. The predicted molar refractivity (Wildman–Crippen MR) is 125 cm³/mol. The Labute approximate surface area is 192 Å². The second kappa shape index (κ2) is 8.90. The lowest BCUT2D eigenvalue weighted by Crippen LogP contribution is -2.19. The Morgan fingerprint density at radius 2 is 1.91 bits per heavy atom. The Kier molecular flexibility index (Phi) is 5.81. The molecule has 4 heterocycles. The van der Waals surface area contributed by atoms with Crippen LogP contribution in [0.5, 0.6) is 5.75 Å². The number of hydrogen-bond donors (Lipinski definition) is 0. The van der Waals surface area contributed by atoms with Crippen molar-refractivity contribution < 1.29 is 13.9 Å². The molecule has 6 nitrogen and oxygen atoms in total. The second-order valence-corrected chi connectivity index (χ2v) is 8.61. The van der Waals surface area contributed by atoms with Gasteiger partial charge in [-0.2, -0.15) is 9.49 Å². The minimum absolute atomic E-state index is 0.115. The highest BCUT2D eigenvalue weighted by Gasteiger charge is 2.23. The quantitative estimate of drug-likeness (QED) is 0.347. The number of pyridine rings is 2. The zero-order chi connectivity index (χ0) is 22.9. The number of ether oxygens (including phenoxy) is 2. The van der Waals surface area contributed by atoms with E-state index in [4.69, 9.17) is 14.6 Å². The van der Waals surface area contributed by atoms with Crippen LogP contribution in [0.4, 0.5) is 4.39 Å². The first-order chi connectivity index (χ1) is 16.0. The van der Waals surface area contributed by atoms with Crippen molar-refractivity contribution in [2.45, 2.75) is 52.4 Å². The molecule has 1 aromatic carbocycles. The van der Waals surface area contributed by atoms with Gasteiger partial charge in [-0.15, -0.1) is 0 Å². The van der Waals surface area contributed by atoms with Gasteiger partial charge in [0.2, 0.25) is 5.95 Å². The van der Waals surface area contributed by atoms with E-state index in [1.165, 1.54) is 12.3 Å². The molecule has 1 aliphatic rings. The van der Waals surface area contributed by atoms with Gasteiger partial charge in [0.15, 0.2) is 6.23 Å². The van der Waals surface area contributed by atoms with Gasteiger partial charge in [0.25, 0.3) is 0 Å². The Bertz CT molecular complexity index is 1260. The van der Waals surface area contributed by atoms with Gasteiger partial charge in [-0.25, -0.2) is 9.67 Å². The number of halogens is 1. The molecule has 0 amide bonds. The number of fused-ring (bicyclic) bond motifs is 1. The highest BCUT2D eigenvalue weighted by Crippen LogP contribution is 2.36. The Balaban J connectivity index is 1.57. The van der Waals surface area contributed by atoms with Crippen molar-refractivity contribution in [3.63, 3.8) is 0 Å². The van der Waals surface area contributed by atoms with E-state index in [-0.39, 0.29) is 12.3 Å². The fourth-order valence-electron chi connectivity index (χ4n) is 4.67. The molecule has 0 radical (unpaired) electrons.